The smallest absolute Gasteiger partial charge is 0.244 e. The lowest BCUT2D eigenvalue weighted by Crippen LogP contribution is -2.35. The van der Waals surface area contributed by atoms with E-state index in [1.807, 2.05) is 24.3 Å². The number of hydrogen-bond acceptors (Lipinski definition) is 4. The van der Waals surface area contributed by atoms with Crippen LogP contribution < -0.4 is 10.6 Å². The average molecular weight is 338 g/mol. The van der Waals surface area contributed by atoms with Crippen LogP contribution >= 0.6 is 0 Å². The van der Waals surface area contributed by atoms with E-state index in [4.69, 9.17) is 0 Å². The van der Waals surface area contributed by atoms with E-state index in [9.17, 15) is 9.59 Å². The highest BCUT2D eigenvalue weighted by molar-refractivity contribution is 5.92. The Kier molecular flexibility index (Phi) is 5.72. The van der Waals surface area contributed by atoms with Gasteiger partial charge in [-0.15, -0.1) is 0 Å². The number of hydrogen-bond donors (Lipinski definition) is 2. The molecular weight excluding hydrogens is 316 g/mol. The van der Waals surface area contributed by atoms with Gasteiger partial charge in [0.15, 0.2) is 0 Å². The van der Waals surface area contributed by atoms with Crippen molar-refractivity contribution in [3.63, 3.8) is 0 Å². The number of carbonyl (C=O) groups is 2. The van der Waals surface area contributed by atoms with E-state index in [0.717, 1.165) is 23.9 Å². The lowest BCUT2D eigenvalue weighted by Gasteiger charge is -2.11. The van der Waals surface area contributed by atoms with E-state index in [2.05, 4.69) is 20.6 Å². The molecule has 0 radical (unpaired) electrons. The highest BCUT2D eigenvalue weighted by Crippen LogP contribution is 2.17. The number of para-hydroxylation sites is 2. The summed E-state index contributed by atoms with van der Waals surface area (Å²) < 4.78 is 0. The molecule has 2 aromatic rings. The summed E-state index contributed by atoms with van der Waals surface area (Å²) in [6.07, 6.45) is 9.45. The predicted molar refractivity (Wildman–Crippen MR) is 96.6 cm³/mol. The van der Waals surface area contributed by atoms with Crippen LogP contribution in [0.5, 0.6) is 0 Å². The summed E-state index contributed by atoms with van der Waals surface area (Å²) in [5.41, 5.74) is 2.22. The van der Waals surface area contributed by atoms with Crippen LogP contribution in [0.1, 0.15) is 37.8 Å². The second-order valence-corrected chi connectivity index (χ2v) is 6.21. The van der Waals surface area contributed by atoms with Crippen molar-refractivity contribution in [3.8, 4) is 0 Å². The molecule has 6 heteroatoms. The molecule has 2 amide bonds. The van der Waals surface area contributed by atoms with Gasteiger partial charge in [0.05, 0.1) is 22.9 Å². The van der Waals surface area contributed by atoms with Gasteiger partial charge in [0.2, 0.25) is 11.8 Å². The Balaban J connectivity index is 1.43. The number of aromatic nitrogens is 2. The zero-order valence-corrected chi connectivity index (χ0v) is 14.1. The van der Waals surface area contributed by atoms with Crippen molar-refractivity contribution in [2.75, 3.05) is 6.54 Å². The van der Waals surface area contributed by atoms with Gasteiger partial charge in [0.1, 0.15) is 0 Å². The molecular formula is C19H22N4O2. The topological polar surface area (TPSA) is 84.0 Å². The maximum Gasteiger partial charge on any atom is 0.244 e. The van der Waals surface area contributed by atoms with Gasteiger partial charge in [-0.1, -0.05) is 25.0 Å². The summed E-state index contributed by atoms with van der Waals surface area (Å²) in [6, 6.07) is 7.88. The van der Waals surface area contributed by atoms with Crippen molar-refractivity contribution in [1.29, 1.82) is 0 Å². The molecule has 0 unspecified atom stereocenters. The van der Waals surface area contributed by atoms with Gasteiger partial charge in [0, 0.05) is 25.1 Å². The molecule has 0 saturated heterocycles. The third-order valence-corrected chi connectivity index (χ3v) is 4.24. The largest absolute Gasteiger partial charge is 0.353 e. The highest BCUT2D eigenvalue weighted by Gasteiger charge is 2.16. The second-order valence-electron chi connectivity index (χ2n) is 6.21. The molecule has 25 heavy (non-hydrogen) atoms. The Labute approximate surface area is 146 Å². The zero-order chi connectivity index (χ0) is 17.5. The molecule has 0 aliphatic heterocycles. The Morgan fingerprint density at radius 3 is 2.72 bits per heavy atom. The van der Waals surface area contributed by atoms with Gasteiger partial charge in [-0.25, -0.2) is 4.98 Å². The minimum Gasteiger partial charge on any atom is -0.353 e. The Morgan fingerprint density at radius 2 is 1.92 bits per heavy atom. The van der Waals surface area contributed by atoms with Crippen LogP contribution in [-0.4, -0.2) is 34.4 Å². The van der Waals surface area contributed by atoms with Gasteiger partial charge in [0.25, 0.3) is 0 Å². The fourth-order valence-corrected chi connectivity index (χ4v) is 2.94. The molecule has 3 rings (SSSR count). The monoisotopic (exact) mass is 338 g/mol. The number of fused-ring (bicyclic) bond motifs is 1. The molecule has 1 saturated carbocycles. The van der Waals surface area contributed by atoms with Crippen LogP contribution in [0, 0.1) is 0 Å². The van der Waals surface area contributed by atoms with Gasteiger partial charge < -0.3 is 10.6 Å². The maximum absolute atomic E-state index is 11.8. The van der Waals surface area contributed by atoms with E-state index >= 15 is 0 Å². The molecule has 1 aromatic carbocycles. The number of rotatable bonds is 6. The summed E-state index contributed by atoms with van der Waals surface area (Å²) in [6.45, 7) is 0.325. The molecule has 0 atom stereocenters. The minimum absolute atomic E-state index is 0.00317. The number of benzene rings is 1. The Bertz CT molecular complexity index is 782. The van der Waals surface area contributed by atoms with Crippen molar-refractivity contribution in [3.05, 3.63) is 42.2 Å². The van der Waals surface area contributed by atoms with Crippen LogP contribution in [0.4, 0.5) is 0 Å². The molecule has 2 N–H and O–H groups in total. The number of amides is 2. The van der Waals surface area contributed by atoms with Crippen molar-refractivity contribution >= 4 is 28.9 Å². The van der Waals surface area contributed by atoms with Gasteiger partial charge in [-0.2, -0.15) is 0 Å². The Hall–Kier alpha value is -2.76. The molecule has 0 bridgehead atoms. The first-order valence-electron chi connectivity index (χ1n) is 8.68. The molecule has 1 aromatic heterocycles. The first-order valence-corrected chi connectivity index (χ1v) is 8.68. The number of nitrogens with zero attached hydrogens (tertiary/aromatic N) is 2. The lowest BCUT2D eigenvalue weighted by molar-refractivity contribution is -0.121. The van der Waals surface area contributed by atoms with E-state index in [0.29, 0.717) is 24.7 Å². The second kappa shape index (κ2) is 8.37. The summed E-state index contributed by atoms with van der Waals surface area (Å²) in [4.78, 5) is 32.3. The number of carbonyl (C=O) groups excluding carboxylic acids is 2. The van der Waals surface area contributed by atoms with Crippen molar-refractivity contribution < 1.29 is 9.59 Å². The fraction of sp³-hybridized carbons (Fsp3) is 0.368. The van der Waals surface area contributed by atoms with Crippen LogP contribution in [0.15, 0.2) is 36.5 Å². The predicted octanol–water partition coefficient (Wildman–Crippen LogP) is 2.21. The van der Waals surface area contributed by atoms with Crippen LogP contribution in [0.25, 0.3) is 17.1 Å². The summed E-state index contributed by atoms with van der Waals surface area (Å²) in [5.74, 6) is -0.250. The molecule has 1 aliphatic carbocycles. The fourth-order valence-electron chi connectivity index (χ4n) is 2.94. The van der Waals surface area contributed by atoms with Crippen molar-refractivity contribution in [2.24, 2.45) is 0 Å². The lowest BCUT2D eigenvalue weighted by atomic mass is 10.2. The zero-order valence-electron chi connectivity index (χ0n) is 14.1. The first-order chi connectivity index (χ1) is 12.2. The molecule has 0 spiro atoms. The highest BCUT2D eigenvalue weighted by atomic mass is 16.2. The van der Waals surface area contributed by atoms with Crippen LogP contribution in [0.2, 0.25) is 0 Å². The quantitative estimate of drug-likeness (QED) is 0.791. The molecule has 1 aliphatic rings. The van der Waals surface area contributed by atoms with Crippen molar-refractivity contribution in [2.45, 2.75) is 38.1 Å². The first kappa shape index (κ1) is 17.1. The van der Waals surface area contributed by atoms with Crippen molar-refractivity contribution in [1.82, 2.24) is 20.6 Å². The van der Waals surface area contributed by atoms with Gasteiger partial charge >= 0.3 is 0 Å². The SMILES string of the molecule is O=C(C=Cc1cnc2ccccc2n1)NCCC(=O)NC1CCCC1. The van der Waals surface area contributed by atoms with Crippen LogP contribution in [-0.2, 0) is 9.59 Å². The normalized spacial score (nSPS) is 14.9. The van der Waals surface area contributed by atoms with E-state index in [-0.39, 0.29) is 11.8 Å². The molecule has 6 nitrogen and oxygen atoms in total. The third-order valence-electron chi connectivity index (χ3n) is 4.24. The van der Waals surface area contributed by atoms with Gasteiger partial charge in [-0.3, -0.25) is 14.6 Å². The minimum atomic E-state index is -0.247. The third kappa shape index (κ3) is 5.11. The maximum atomic E-state index is 11.8. The summed E-state index contributed by atoms with van der Waals surface area (Å²) in [7, 11) is 0. The molecule has 130 valence electrons. The van der Waals surface area contributed by atoms with E-state index < -0.39 is 0 Å². The molecule has 1 fully saturated rings. The van der Waals surface area contributed by atoms with Crippen LogP contribution in [0.3, 0.4) is 0 Å². The van der Waals surface area contributed by atoms with E-state index in [1.165, 1.54) is 18.9 Å². The summed E-state index contributed by atoms with van der Waals surface area (Å²) >= 11 is 0. The van der Waals surface area contributed by atoms with Gasteiger partial charge in [-0.05, 0) is 31.1 Å². The summed E-state index contributed by atoms with van der Waals surface area (Å²) in [5, 5.41) is 5.71. The average Bonchev–Trinajstić information content (AvgIpc) is 3.12. The number of nitrogens with one attached hydrogen (secondary N) is 2. The molecule has 1 heterocycles. The van der Waals surface area contributed by atoms with E-state index in [1.54, 1.807) is 12.3 Å². The Morgan fingerprint density at radius 1 is 1.16 bits per heavy atom. The standard InChI is InChI=1S/C19H22N4O2/c24-18(20-12-11-19(25)23-14-5-1-2-6-14)10-9-15-13-21-16-7-3-4-8-17(16)22-15/h3-4,7-10,13-14H,1-2,5-6,11-12H2,(H,20,24)(H,23,25).